The first-order chi connectivity index (χ1) is 19.4. The van der Waals surface area contributed by atoms with Gasteiger partial charge in [-0.1, -0.05) is 20.8 Å². The smallest absolute Gasteiger partial charge is 0.303 e. The van der Waals surface area contributed by atoms with Gasteiger partial charge >= 0.3 is 17.9 Å². The molecule has 6 rings (SSSR count). The van der Waals surface area contributed by atoms with E-state index in [9.17, 15) is 14.4 Å². The average Bonchev–Trinajstić information content (AvgIpc) is 3.33. The number of fused-ring (bicyclic) bond motifs is 7. The maximum atomic E-state index is 12.0. The minimum Gasteiger partial charge on any atom is -0.465 e. The Morgan fingerprint density at radius 1 is 0.829 bits per heavy atom. The number of esters is 3. The van der Waals surface area contributed by atoms with Crippen molar-refractivity contribution in [1.82, 2.24) is 0 Å². The minimum absolute atomic E-state index is 0.0653. The molecule has 0 aromatic carbocycles. The SMILES string of the molecule is CC(=O)OC[C@H]1CC[C@@]2(OC1)O[C@H]1C[C@H]3[C@@H]4CC[C@H]5C[C@@H](OC(C)=O)[C@H](OC(C)=O)C[C@]5(C)[C@H]4CC[C@]3(C)[C@H]1[C@@H]2C. The standard InChI is InChI=1S/C33H50O8/c1-18-30-28(41-33(18)12-9-22(17-38-33)16-37-19(2)34)14-26-24-8-7-23-13-27(39-20(3)35)29(40-21(4)36)15-32(23,6)25(24)10-11-31(26,30)5/h18,22-30H,7-17H2,1-6H3/t18-,22+,23-,24+,25-,26-,27+,28-,29+,30-,31-,32-,33+/m0/s1. The molecule has 0 aromatic heterocycles. The summed E-state index contributed by atoms with van der Waals surface area (Å²) in [5.41, 5.74) is 0.288. The molecule has 0 bridgehead atoms. The van der Waals surface area contributed by atoms with Gasteiger partial charge in [-0.05, 0) is 91.8 Å². The summed E-state index contributed by atoms with van der Waals surface area (Å²) in [5.74, 6) is 2.00. The van der Waals surface area contributed by atoms with Crippen molar-refractivity contribution in [3.05, 3.63) is 0 Å². The summed E-state index contributed by atoms with van der Waals surface area (Å²) in [6, 6.07) is 0. The molecule has 0 unspecified atom stereocenters. The van der Waals surface area contributed by atoms with Gasteiger partial charge in [0.05, 0.1) is 19.3 Å². The van der Waals surface area contributed by atoms with E-state index in [1.54, 1.807) is 0 Å². The van der Waals surface area contributed by atoms with E-state index >= 15 is 0 Å². The van der Waals surface area contributed by atoms with E-state index in [4.69, 9.17) is 23.7 Å². The first-order valence-corrected chi connectivity index (χ1v) is 16.2. The fourth-order valence-corrected chi connectivity index (χ4v) is 11.2. The van der Waals surface area contributed by atoms with Gasteiger partial charge in [-0.2, -0.15) is 0 Å². The molecule has 4 saturated carbocycles. The Morgan fingerprint density at radius 2 is 1.56 bits per heavy atom. The predicted octanol–water partition coefficient (Wildman–Crippen LogP) is 5.45. The molecule has 0 radical (unpaired) electrons. The summed E-state index contributed by atoms with van der Waals surface area (Å²) < 4.78 is 30.2. The Bertz CT molecular complexity index is 1050. The lowest BCUT2D eigenvalue weighted by atomic mass is 9.44. The van der Waals surface area contributed by atoms with Crippen LogP contribution >= 0.6 is 0 Å². The highest BCUT2D eigenvalue weighted by molar-refractivity contribution is 5.67. The lowest BCUT2D eigenvalue weighted by Gasteiger charge is -2.62. The van der Waals surface area contributed by atoms with Crippen LogP contribution in [0.4, 0.5) is 0 Å². The molecule has 6 fully saturated rings. The average molecular weight is 575 g/mol. The second kappa shape index (κ2) is 10.5. The van der Waals surface area contributed by atoms with Crippen LogP contribution in [0.3, 0.4) is 0 Å². The maximum absolute atomic E-state index is 12.0. The highest BCUT2D eigenvalue weighted by atomic mass is 16.7. The van der Waals surface area contributed by atoms with Gasteiger partial charge in [0, 0.05) is 39.0 Å². The molecular weight excluding hydrogens is 524 g/mol. The summed E-state index contributed by atoms with van der Waals surface area (Å²) in [4.78, 5) is 35.2. The van der Waals surface area contributed by atoms with E-state index in [1.165, 1.54) is 40.0 Å². The molecule has 230 valence electrons. The highest BCUT2D eigenvalue weighted by Crippen LogP contribution is 2.71. The third-order valence-corrected chi connectivity index (χ3v) is 12.9. The largest absolute Gasteiger partial charge is 0.465 e. The number of hydrogen-bond acceptors (Lipinski definition) is 8. The van der Waals surface area contributed by atoms with Gasteiger partial charge in [0.1, 0.15) is 12.2 Å². The van der Waals surface area contributed by atoms with Crippen molar-refractivity contribution in [3.63, 3.8) is 0 Å². The summed E-state index contributed by atoms with van der Waals surface area (Å²) in [6.07, 6.45) is 8.69. The van der Waals surface area contributed by atoms with Gasteiger partial charge in [0.2, 0.25) is 0 Å². The van der Waals surface area contributed by atoms with E-state index in [0.717, 1.165) is 38.5 Å². The summed E-state index contributed by atoms with van der Waals surface area (Å²) in [6.45, 7) is 12.7. The first-order valence-electron chi connectivity index (χ1n) is 16.2. The van der Waals surface area contributed by atoms with Crippen molar-refractivity contribution in [2.45, 2.75) is 123 Å². The summed E-state index contributed by atoms with van der Waals surface area (Å²) >= 11 is 0. The van der Waals surface area contributed by atoms with Crippen molar-refractivity contribution in [2.24, 2.45) is 52.3 Å². The molecule has 8 nitrogen and oxygen atoms in total. The molecule has 2 aliphatic heterocycles. The lowest BCUT2D eigenvalue weighted by molar-refractivity contribution is -0.276. The van der Waals surface area contributed by atoms with Crippen LogP contribution in [0.5, 0.6) is 0 Å². The van der Waals surface area contributed by atoms with Crippen LogP contribution in [-0.4, -0.2) is 55.2 Å². The normalized spacial score (nSPS) is 50.2. The van der Waals surface area contributed by atoms with Crippen LogP contribution in [-0.2, 0) is 38.1 Å². The van der Waals surface area contributed by atoms with Crippen molar-refractivity contribution in [2.75, 3.05) is 13.2 Å². The van der Waals surface area contributed by atoms with Crippen LogP contribution in [0.1, 0.15) is 99.3 Å². The maximum Gasteiger partial charge on any atom is 0.303 e. The first kappa shape index (κ1) is 29.4. The summed E-state index contributed by atoms with van der Waals surface area (Å²) in [7, 11) is 0. The molecule has 4 aliphatic carbocycles. The molecule has 6 aliphatic rings. The van der Waals surface area contributed by atoms with E-state index in [2.05, 4.69) is 20.8 Å². The zero-order chi connectivity index (χ0) is 29.3. The van der Waals surface area contributed by atoms with Gasteiger partial charge in [0.25, 0.3) is 0 Å². The molecule has 0 amide bonds. The van der Waals surface area contributed by atoms with Crippen LogP contribution in [0.2, 0.25) is 0 Å². The van der Waals surface area contributed by atoms with Crippen LogP contribution < -0.4 is 0 Å². The van der Waals surface area contributed by atoms with Crippen LogP contribution in [0.15, 0.2) is 0 Å². The number of rotatable bonds is 4. The molecule has 2 heterocycles. The fourth-order valence-electron chi connectivity index (χ4n) is 11.2. The number of carbonyl (C=O) groups excluding carboxylic acids is 3. The second-order valence-electron chi connectivity index (χ2n) is 15.0. The molecule has 1 spiro atoms. The highest BCUT2D eigenvalue weighted by Gasteiger charge is 2.69. The predicted molar refractivity (Wildman–Crippen MR) is 149 cm³/mol. The molecule has 13 atom stereocenters. The second-order valence-corrected chi connectivity index (χ2v) is 15.0. The van der Waals surface area contributed by atoms with Crippen molar-refractivity contribution >= 4 is 17.9 Å². The lowest BCUT2D eigenvalue weighted by Crippen LogP contribution is -2.58. The number of hydrogen-bond donors (Lipinski definition) is 0. The van der Waals surface area contributed by atoms with Gasteiger partial charge in [-0.25, -0.2) is 0 Å². The van der Waals surface area contributed by atoms with E-state index in [0.29, 0.717) is 48.7 Å². The van der Waals surface area contributed by atoms with Crippen molar-refractivity contribution in [1.29, 1.82) is 0 Å². The minimum atomic E-state index is -0.511. The topological polar surface area (TPSA) is 97.4 Å². The third kappa shape index (κ3) is 4.83. The Labute approximate surface area is 244 Å². The Balaban J connectivity index is 1.17. The van der Waals surface area contributed by atoms with Gasteiger partial charge in [-0.3, -0.25) is 14.4 Å². The van der Waals surface area contributed by atoms with E-state index in [-0.39, 0.29) is 53.0 Å². The van der Waals surface area contributed by atoms with Gasteiger partial charge < -0.3 is 23.7 Å². The van der Waals surface area contributed by atoms with Crippen molar-refractivity contribution < 1.29 is 38.1 Å². The molecule has 0 N–H and O–H groups in total. The van der Waals surface area contributed by atoms with E-state index in [1.807, 2.05) is 0 Å². The van der Waals surface area contributed by atoms with Gasteiger partial charge in [0.15, 0.2) is 5.79 Å². The van der Waals surface area contributed by atoms with E-state index < -0.39 is 5.79 Å². The summed E-state index contributed by atoms with van der Waals surface area (Å²) in [5, 5.41) is 0. The zero-order valence-electron chi connectivity index (χ0n) is 25.8. The molecule has 2 saturated heterocycles. The number of ether oxygens (including phenoxy) is 5. The van der Waals surface area contributed by atoms with Crippen LogP contribution in [0.25, 0.3) is 0 Å². The Hall–Kier alpha value is -1.67. The Morgan fingerprint density at radius 3 is 2.22 bits per heavy atom. The fraction of sp³-hybridized carbons (Fsp3) is 0.909. The monoisotopic (exact) mass is 574 g/mol. The molecule has 8 heteroatoms. The third-order valence-electron chi connectivity index (χ3n) is 12.9. The van der Waals surface area contributed by atoms with Crippen LogP contribution in [0, 0.1) is 52.3 Å². The van der Waals surface area contributed by atoms with Crippen molar-refractivity contribution in [3.8, 4) is 0 Å². The quantitative estimate of drug-likeness (QED) is 0.323. The molecule has 41 heavy (non-hydrogen) atoms. The van der Waals surface area contributed by atoms with Gasteiger partial charge in [-0.15, -0.1) is 0 Å². The zero-order valence-corrected chi connectivity index (χ0v) is 25.8. The molecule has 0 aromatic rings. The number of carbonyl (C=O) groups is 3. The Kier molecular flexibility index (Phi) is 7.53. The molecular formula is C33H50O8.